The van der Waals surface area contributed by atoms with Crippen LogP contribution in [0.4, 0.5) is 0 Å². The van der Waals surface area contributed by atoms with E-state index in [1.54, 1.807) is 7.11 Å². The molecule has 2 fully saturated rings. The quantitative estimate of drug-likeness (QED) is 0.900. The number of nitrogens with one attached hydrogen (secondary N) is 1. The second-order valence-electron chi connectivity index (χ2n) is 5.26. The van der Waals surface area contributed by atoms with E-state index in [2.05, 4.69) is 15.3 Å². The third-order valence-corrected chi connectivity index (χ3v) is 3.76. The third-order valence-electron chi connectivity index (χ3n) is 3.76. The summed E-state index contributed by atoms with van der Waals surface area (Å²) in [4.78, 5) is 9.24. The van der Waals surface area contributed by atoms with E-state index >= 15 is 0 Å². The number of aromatic nitrogens is 2. The van der Waals surface area contributed by atoms with Crippen LogP contribution in [0.3, 0.4) is 0 Å². The van der Waals surface area contributed by atoms with E-state index in [1.165, 1.54) is 12.8 Å². The van der Waals surface area contributed by atoms with Crippen LogP contribution in [0.5, 0.6) is 5.88 Å². The van der Waals surface area contributed by atoms with Gasteiger partial charge in [0.15, 0.2) is 0 Å². The Morgan fingerprint density at radius 1 is 1.21 bits per heavy atom. The smallest absolute Gasteiger partial charge is 0.222 e. The molecule has 0 radical (unpaired) electrons. The predicted octanol–water partition coefficient (Wildman–Crippen LogP) is 1.72. The summed E-state index contributed by atoms with van der Waals surface area (Å²) in [6.45, 7) is 4.61. The minimum atomic E-state index is 0.0400. The van der Waals surface area contributed by atoms with Gasteiger partial charge in [0.05, 0.1) is 31.1 Å². The molecule has 1 saturated heterocycles. The number of ether oxygens (including phenoxy) is 2. The van der Waals surface area contributed by atoms with Crippen molar-refractivity contribution in [2.24, 2.45) is 0 Å². The molecule has 5 heteroatoms. The molecule has 5 nitrogen and oxygen atoms in total. The molecule has 2 aliphatic rings. The van der Waals surface area contributed by atoms with E-state index in [0.29, 0.717) is 11.8 Å². The predicted molar refractivity (Wildman–Crippen MR) is 71.5 cm³/mol. The maximum absolute atomic E-state index is 5.91. The van der Waals surface area contributed by atoms with Gasteiger partial charge >= 0.3 is 0 Å². The van der Waals surface area contributed by atoms with Crippen molar-refractivity contribution in [2.45, 2.75) is 38.2 Å². The molecule has 2 heterocycles. The first-order valence-electron chi connectivity index (χ1n) is 7.04. The monoisotopic (exact) mass is 263 g/mol. The SMILES string of the molecule is COc1nc(C2CC2)nc(C)c1C1CCNCCO1. The highest BCUT2D eigenvalue weighted by Crippen LogP contribution is 2.40. The van der Waals surface area contributed by atoms with Gasteiger partial charge in [-0.25, -0.2) is 4.98 Å². The van der Waals surface area contributed by atoms with Crippen molar-refractivity contribution in [1.29, 1.82) is 0 Å². The summed E-state index contributed by atoms with van der Waals surface area (Å²) in [6.07, 6.45) is 3.37. The molecule has 0 spiro atoms. The van der Waals surface area contributed by atoms with E-state index in [9.17, 15) is 0 Å². The lowest BCUT2D eigenvalue weighted by Crippen LogP contribution is -2.16. The molecule has 1 aromatic heterocycles. The number of hydrogen-bond donors (Lipinski definition) is 1. The van der Waals surface area contributed by atoms with Gasteiger partial charge in [-0.2, -0.15) is 4.98 Å². The summed E-state index contributed by atoms with van der Waals surface area (Å²) in [6, 6.07) is 0. The summed E-state index contributed by atoms with van der Waals surface area (Å²) in [7, 11) is 1.68. The van der Waals surface area contributed by atoms with Gasteiger partial charge in [-0.15, -0.1) is 0 Å². The Morgan fingerprint density at radius 2 is 2.05 bits per heavy atom. The first kappa shape index (κ1) is 12.8. The molecule has 1 saturated carbocycles. The van der Waals surface area contributed by atoms with Crippen molar-refractivity contribution in [3.8, 4) is 5.88 Å². The fraction of sp³-hybridized carbons (Fsp3) is 0.714. The number of methoxy groups -OCH3 is 1. The largest absolute Gasteiger partial charge is 0.481 e. The Hall–Kier alpha value is -1.20. The Bertz CT molecular complexity index is 452. The molecule has 19 heavy (non-hydrogen) atoms. The van der Waals surface area contributed by atoms with Crippen LogP contribution in [0, 0.1) is 6.92 Å². The van der Waals surface area contributed by atoms with Crippen molar-refractivity contribution in [1.82, 2.24) is 15.3 Å². The van der Waals surface area contributed by atoms with Gasteiger partial charge in [0.2, 0.25) is 5.88 Å². The van der Waals surface area contributed by atoms with Gasteiger partial charge in [-0.05, 0) is 32.7 Å². The zero-order valence-electron chi connectivity index (χ0n) is 11.6. The molecule has 1 aliphatic carbocycles. The van der Waals surface area contributed by atoms with E-state index in [-0.39, 0.29) is 6.10 Å². The molecule has 1 unspecified atom stereocenters. The van der Waals surface area contributed by atoms with Crippen molar-refractivity contribution in [2.75, 3.05) is 26.8 Å². The van der Waals surface area contributed by atoms with Gasteiger partial charge in [-0.1, -0.05) is 0 Å². The van der Waals surface area contributed by atoms with Crippen LogP contribution in [0.2, 0.25) is 0 Å². The molecular formula is C14H21N3O2. The van der Waals surface area contributed by atoms with Gasteiger partial charge in [0, 0.05) is 12.5 Å². The molecule has 104 valence electrons. The summed E-state index contributed by atoms with van der Waals surface area (Å²) in [5.41, 5.74) is 2.02. The summed E-state index contributed by atoms with van der Waals surface area (Å²) >= 11 is 0. The number of nitrogens with zero attached hydrogens (tertiary/aromatic N) is 2. The Labute approximate surface area is 113 Å². The number of hydrogen-bond acceptors (Lipinski definition) is 5. The molecule has 0 amide bonds. The van der Waals surface area contributed by atoms with Crippen molar-refractivity contribution in [3.63, 3.8) is 0 Å². The third kappa shape index (κ3) is 2.72. The second kappa shape index (κ2) is 5.43. The molecule has 1 N–H and O–H groups in total. The Kier molecular flexibility index (Phi) is 3.66. The summed E-state index contributed by atoms with van der Waals surface area (Å²) in [5, 5.41) is 3.34. The maximum atomic E-state index is 5.91. The van der Waals surface area contributed by atoms with Crippen LogP contribution < -0.4 is 10.1 Å². The lowest BCUT2D eigenvalue weighted by atomic mass is 10.1. The molecule has 1 aromatic rings. The summed E-state index contributed by atoms with van der Waals surface area (Å²) < 4.78 is 11.4. The first-order chi connectivity index (χ1) is 9.29. The van der Waals surface area contributed by atoms with Crippen molar-refractivity contribution < 1.29 is 9.47 Å². The normalized spacial score (nSPS) is 24.0. The average Bonchev–Trinajstić information content (AvgIpc) is 3.24. The lowest BCUT2D eigenvalue weighted by Gasteiger charge is -2.19. The van der Waals surface area contributed by atoms with Gasteiger partial charge in [0.25, 0.3) is 0 Å². The van der Waals surface area contributed by atoms with Crippen molar-refractivity contribution >= 4 is 0 Å². The highest BCUT2D eigenvalue weighted by Gasteiger charge is 2.30. The minimum absolute atomic E-state index is 0.0400. The average molecular weight is 263 g/mol. The highest BCUT2D eigenvalue weighted by molar-refractivity contribution is 5.34. The number of aryl methyl sites for hydroxylation is 1. The minimum Gasteiger partial charge on any atom is -0.481 e. The van der Waals surface area contributed by atoms with Crippen LogP contribution in [-0.2, 0) is 4.74 Å². The van der Waals surface area contributed by atoms with Crippen LogP contribution in [0.25, 0.3) is 0 Å². The molecule has 1 aliphatic heterocycles. The Morgan fingerprint density at radius 3 is 2.79 bits per heavy atom. The molecule has 3 rings (SSSR count). The van der Waals surface area contributed by atoms with E-state index in [0.717, 1.165) is 43.2 Å². The molecular weight excluding hydrogens is 242 g/mol. The fourth-order valence-corrected chi connectivity index (χ4v) is 2.57. The van der Waals surface area contributed by atoms with Crippen LogP contribution in [0.15, 0.2) is 0 Å². The number of rotatable bonds is 3. The Balaban J connectivity index is 1.93. The molecule has 0 bridgehead atoms. The summed E-state index contributed by atoms with van der Waals surface area (Å²) in [5.74, 6) is 2.17. The zero-order valence-corrected chi connectivity index (χ0v) is 11.6. The molecule has 1 atom stereocenters. The van der Waals surface area contributed by atoms with Crippen molar-refractivity contribution in [3.05, 3.63) is 17.1 Å². The van der Waals surface area contributed by atoms with E-state index < -0.39 is 0 Å². The van der Waals surface area contributed by atoms with Crippen LogP contribution >= 0.6 is 0 Å². The van der Waals surface area contributed by atoms with E-state index in [1.807, 2.05) is 6.92 Å². The standard InChI is InChI=1S/C14H21N3O2/c1-9-12(11-5-6-15-7-8-19-11)14(18-2)17-13(16-9)10-3-4-10/h10-11,15H,3-8H2,1-2H3. The van der Waals surface area contributed by atoms with Crippen LogP contribution in [-0.4, -0.2) is 36.8 Å². The second-order valence-corrected chi connectivity index (χ2v) is 5.26. The molecule has 0 aromatic carbocycles. The lowest BCUT2D eigenvalue weighted by molar-refractivity contribution is 0.0612. The maximum Gasteiger partial charge on any atom is 0.222 e. The van der Waals surface area contributed by atoms with Gasteiger partial charge in [-0.3, -0.25) is 0 Å². The van der Waals surface area contributed by atoms with E-state index in [4.69, 9.17) is 9.47 Å². The van der Waals surface area contributed by atoms with Crippen LogP contribution in [0.1, 0.15) is 48.4 Å². The first-order valence-corrected chi connectivity index (χ1v) is 7.04. The highest BCUT2D eigenvalue weighted by atomic mass is 16.5. The topological polar surface area (TPSA) is 56.3 Å². The van der Waals surface area contributed by atoms with Gasteiger partial charge in [0.1, 0.15) is 5.82 Å². The van der Waals surface area contributed by atoms with Gasteiger partial charge < -0.3 is 14.8 Å². The fourth-order valence-electron chi connectivity index (χ4n) is 2.57. The zero-order chi connectivity index (χ0) is 13.2.